The molecule has 0 radical (unpaired) electrons. The van der Waals surface area contributed by atoms with Crippen LogP contribution in [0, 0.1) is 11.8 Å². The molecule has 4 nitrogen and oxygen atoms in total. The van der Waals surface area contributed by atoms with Crippen molar-refractivity contribution in [1.82, 2.24) is 4.98 Å². The Balaban J connectivity index is 2.02. The minimum absolute atomic E-state index is 0.0166. The zero-order valence-electron chi connectivity index (χ0n) is 8.73. The molecule has 80 valence electrons. The number of nitrogen functional groups attached to an aromatic ring is 1. The van der Waals surface area contributed by atoms with Gasteiger partial charge in [-0.1, -0.05) is 6.92 Å². The molecule has 1 aromatic heterocycles. The molecule has 0 spiro atoms. The Kier molecular flexibility index (Phi) is 2.58. The molecular formula is C11H15N3O. The predicted octanol–water partition coefficient (Wildman–Crippen LogP) is 1.65. The molecule has 1 aliphatic rings. The van der Waals surface area contributed by atoms with E-state index in [1.807, 2.05) is 6.92 Å². The Hall–Kier alpha value is -1.58. The van der Waals surface area contributed by atoms with E-state index in [0.717, 1.165) is 12.8 Å². The van der Waals surface area contributed by atoms with Gasteiger partial charge in [0.25, 0.3) is 0 Å². The van der Waals surface area contributed by atoms with Crippen molar-refractivity contribution in [3.8, 4) is 0 Å². The number of carbonyl (C=O) groups excluding carboxylic acids is 1. The van der Waals surface area contributed by atoms with Crippen LogP contribution in [0.4, 0.5) is 11.5 Å². The van der Waals surface area contributed by atoms with Gasteiger partial charge < -0.3 is 11.1 Å². The van der Waals surface area contributed by atoms with Gasteiger partial charge in [-0.25, -0.2) is 4.98 Å². The van der Waals surface area contributed by atoms with Gasteiger partial charge in [-0.05, 0) is 30.9 Å². The lowest BCUT2D eigenvalue weighted by molar-refractivity contribution is -0.119. The molecule has 1 amide bonds. The third kappa shape index (κ3) is 2.26. The summed E-state index contributed by atoms with van der Waals surface area (Å²) in [5.41, 5.74) is 6.19. The molecule has 0 aromatic carbocycles. The highest BCUT2D eigenvalue weighted by Crippen LogP contribution is 2.37. The largest absolute Gasteiger partial charge is 0.396 e. The second-order valence-electron chi connectivity index (χ2n) is 4.06. The number of carbonyl (C=O) groups is 1. The number of nitrogens with one attached hydrogen (secondary N) is 1. The summed E-state index contributed by atoms with van der Waals surface area (Å²) in [6.07, 6.45) is 3.94. The van der Waals surface area contributed by atoms with Gasteiger partial charge in [0.1, 0.15) is 0 Å². The molecular weight excluding hydrogens is 190 g/mol. The van der Waals surface area contributed by atoms with Crippen LogP contribution in [0.5, 0.6) is 0 Å². The highest BCUT2D eigenvalue weighted by Gasteiger charge is 2.32. The van der Waals surface area contributed by atoms with Gasteiger partial charge in [-0.3, -0.25) is 4.79 Å². The number of nitrogens with zero attached hydrogens (tertiary/aromatic N) is 1. The molecule has 1 aliphatic carbocycles. The fourth-order valence-corrected chi connectivity index (χ4v) is 1.56. The van der Waals surface area contributed by atoms with E-state index in [9.17, 15) is 4.79 Å². The molecule has 1 heterocycles. The normalized spacial score (nSPS) is 17.1. The van der Waals surface area contributed by atoms with Gasteiger partial charge in [-0.15, -0.1) is 0 Å². The first kappa shape index (κ1) is 9.96. The second-order valence-corrected chi connectivity index (χ2v) is 4.06. The maximum atomic E-state index is 11.7. The fourth-order valence-electron chi connectivity index (χ4n) is 1.56. The van der Waals surface area contributed by atoms with E-state index in [1.54, 1.807) is 18.3 Å². The van der Waals surface area contributed by atoms with Crippen LogP contribution in [0.15, 0.2) is 18.3 Å². The number of hydrogen-bond acceptors (Lipinski definition) is 3. The summed E-state index contributed by atoms with van der Waals surface area (Å²) in [7, 11) is 0. The lowest BCUT2D eigenvalue weighted by atomic mass is 10.1. The summed E-state index contributed by atoms with van der Waals surface area (Å²) >= 11 is 0. The SMILES string of the molecule is CC(C(=O)Nc1ncccc1N)C1CC1. The van der Waals surface area contributed by atoms with Crippen LogP contribution in [-0.2, 0) is 4.79 Å². The van der Waals surface area contributed by atoms with Crippen LogP contribution < -0.4 is 11.1 Å². The maximum Gasteiger partial charge on any atom is 0.228 e. The van der Waals surface area contributed by atoms with Crippen LogP contribution in [0.1, 0.15) is 19.8 Å². The van der Waals surface area contributed by atoms with Gasteiger partial charge in [0, 0.05) is 12.1 Å². The van der Waals surface area contributed by atoms with Crippen molar-refractivity contribution < 1.29 is 4.79 Å². The number of aromatic nitrogens is 1. The van der Waals surface area contributed by atoms with E-state index in [-0.39, 0.29) is 11.8 Å². The average molecular weight is 205 g/mol. The molecule has 15 heavy (non-hydrogen) atoms. The highest BCUT2D eigenvalue weighted by molar-refractivity contribution is 5.94. The maximum absolute atomic E-state index is 11.7. The van der Waals surface area contributed by atoms with Crippen molar-refractivity contribution in [2.45, 2.75) is 19.8 Å². The predicted molar refractivity (Wildman–Crippen MR) is 59.2 cm³/mol. The smallest absolute Gasteiger partial charge is 0.228 e. The van der Waals surface area contributed by atoms with Crippen LogP contribution in [0.3, 0.4) is 0 Å². The van der Waals surface area contributed by atoms with Crippen molar-refractivity contribution >= 4 is 17.4 Å². The second kappa shape index (κ2) is 3.88. The van der Waals surface area contributed by atoms with Gasteiger partial charge in [0.05, 0.1) is 5.69 Å². The zero-order chi connectivity index (χ0) is 10.8. The highest BCUT2D eigenvalue weighted by atomic mass is 16.1. The monoisotopic (exact) mass is 205 g/mol. The molecule has 1 unspecified atom stereocenters. The molecule has 1 fully saturated rings. The number of pyridine rings is 1. The fraction of sp³-hybridized carbons (Fsp3) is 0.455. The van der Waals surface area contributed by atoms with Gasteiger partial charge in [0.2, 0.25) is 5.91 Å². The van der Waals surface area contributed by atoms with Crippen molar-refractivity contribution in [2.75, 3.05) is 11.1 Å². The van der Waals surface area contributed by atoms with Crippen LogP contribution in [-0.4, -0.2) is 10.9 Å². The Bertz CT molecular complexity index is 374. The number of hydrogen-bond donors (Lipinski definition) is 2. The van der Waals surface area contributed by atoms with E-state index >= 15 is 0 Å². The summed E-state index contributed by atoms with van der Waals surface area (Å²) in [6, 6.07) is 3.47. The van der Waals surface area contributed by atoms with E-state index < -0.39 is 0 Å². The van der Waals surface area contributed by atoms with Crippen molar-refractivity contribution in [3.05, 3.63) is 18.3 Å². The quantitative estimate of drug-likeness (QED) is 0.788. The number of nitrogens with two attached hydrogens (primary N) is 1. The Morgan fingerprint density at radius 2 is 2.40 bits per heavy atom. The summed E-state index contributed by atoms with van der Waals surface area (Å²) in [5, 5.41) is 2.76. The number of anilines is 2. The molecule has 0 aliphatic heterocycles. The molecule has 1 saturated carbocycles. The lowest BCUT2D eigenvalue weighted by Gasteiger charge is -2.11. The van der Waals surface area contributed by atoms with Gasteiger partial charge in [0.15, 0.2) is 5.82 Å². The molecule has 3 N–H and O–H groups in total. The standard InChI is InChI=1S/C11H15N3O/c1-7(8-4-5-8)11(15)14-10-9(12)3-2-6-13-10/h2-3,6-8H,4-5,12H2,1H3,(H,13,14,15). The summed E-state index contributed by atoms with van der Waals surface area (Å²) in [5.74, 6) is 1.10. The van der Waals surface area contributed by atoms with Crippen molar-refractivity contribution in [2.24, 2.45) is 11.8 Å². The first-order valence-electron chi connectivity index (χ1n) is 5.20. The van der Waals surface area contributed by atoms with E-state index in [4.69, 9.17) is 5.73 Å². The van der Waals surface area contributed by atoms with Crippen molar-refractivity contribution in [3.63, 3.8) is 0 Å². The van der Waals surface area contributed by atoms with Gasteiger partial charge >= 0.3 is 0 Å². The summed E-state index contributed by atoms with van der Waals surface area (Å²) < 4.78 is 0. The topological polar surface area (TPSA) is 68.0 Å². The Morgan fingerprint density at radius 1 is 1.67 bits per heavy atom. The average Bonchev–Trinajstić information content (AvgIpc) is 3.04. The molecule has 0 saturated heterocycles. The molecule has 0 bridgehead atoms. The Labute approximate surface area is 88.9 Å². The first-order valence-corrected chi connectivity index (χ1v) is 5.20. The van der Waals surface area contributed by atoms with Crippen LogP contribution >= 0.6 is 0 Å². The number of amides is 1. The van der Waals surface area contributed by atoms with E-state index in [1.165, 1.54) is 0 Å². The zero-order valence-corrected chi connectivity index (χ0v) is 8.73. The van der Waals surface area contributed by atoms with Crippen LogP contribution in [0.2, 0.25) is 0 Å². The minimum atomic E-state index is 0.0166. The Morgan fingerprint density at radius 3 is 3.00 bits per heavy atom. The van der Waals surface area contributed by atoms with Crippen molar-refractivity contribution in [1.29, 1.82) is 0 Å². The summed E-state index contributed by atoms with van der Waals surface area (Å²) in [4.78, 5) is 15.8. The van der Waals surface area contributed by atoms with Crippen LogP contribution in [0.25, 0.3) is 0 Å². The third-order valence-electron chi connectivity index (χ3n) is 2.82. The first-order chi connectivity index (χ1) is 7.18. The van der Waals surface area contributed by atoms with E-state index in [2.05, 4.69) is 10.3 Å². The van der Waals surface area contributed by atoms with Gasteiger partial charge in [-0.2, -0.15) is 0 Å². The summed E-state index contributed by atoms with van der Waals surface area (Å²) in [6.45, 7) is 1.95. The lowest BCUT2D eigenvalue weighted by Crippen LogP contribution is -2.22. The minimum Gasteiger partial charge on any atom is -0.396 e. The molecule has 2 rings (SSSR count). The molecule has 1 aromatic rings. The third-order valence-corrected chi connectivity index (χ3v) is 2.82. The van der Waals surface area contributed by atoms with E-state index in [0.29, 0.717) is 17.4 Å². The molecule has 4 heteroatoms. The number of rotatable bonds is 3. The molecule has 1 atom stereocenters.